The maximum Gasteiger partial charge on any atom is 0.260 e. The van der Waals surface area contributed by atoms with E-state index in [1.54, 1.807) is 29.3 Å². The summed E-state index contributed by atoms with van der Waals surface area (Å²) in [4.78, 5) is 26.0. The number of benzene rings is 1. The molecule has 1 fully saturated rings. The summed E-state index contributed by atoms with van der Waals surface area (Å²) in [6.07, 6.45) is 5.50. The minimum Gasteiger partial charge on any atom is -0.496 e. The number of ether oxygens (including phenoxy) is 1. The molecule has 32 heavy (non-hydrogen) atoms. The van der Waals surface area contributed by atoms with E-state index in [-0.39, 0.29) is 18.0 Å². The van der Waals surface area contributed by atoms with E-state index in [1.165, 1.54) is 19.4 Å². The van der Waals surface area contributed by atoms with Crippen LogP contribution < -0.4 is 20.3 Å². The molecule has 2 aromatic heterocycles. The van der Waals surface area contributed by atoms with Gasteiger partial charge in [-0.15, -0.1) is 0 Å². The Balaban J connectivity index is 1.47. The number of nitrogens with two attached hydrogens (primary N) is 1. The van der Waals surface area contributed by atoms with Crippen LogP contribution in [0.5, 0.6) is 5.75 Å². The van der Waals surface area contributed by atoms with Crippen molar-refractivity contribution in [3.05, 3.63) is 65.7 Å². The van der Waals surface area contributed by atoms with E-state index in [1.807, 2.05) is 12.1 Å². The van der Waals surface area contributed by atoms with Crippen molar-refractivity contribution >= 4 is 17.4 Å². The van der Waals surface area contributed by atoms with Crippen LogP contribution in [0.4, 0.5) is 15.9 Å². The fourth-order valence-corrected chi connectivity index (χ4v) is 4.66. The molecule has 1 saturated heterocycles. The standard InChI is InChI=1S/C24H24FN5O2/c1-32-20-6-2-5-19(25)22(20)23-18-14-30(24(31)17(18)9-10-27-23)21-8-7-16(13-28-21)29-11-3-4-15(29)12-26/h2,5-10,13,15H,3-4,11-12,14,26H2,1H3/t15-/m1/s1. The predicted molar refractivity (Wildman–Crippen MR) is 120 cm³/mol. The second kappa shape index (κ2) is 8.20. The first kappa shape index (κ1) is 20.4. The zero-order chi connectivity index (χ0) is 22.2. The van der Waals surface area contributed by atoms with Crippen molar-refractivity contribution in [1.82, 2.24) is 9.97 Å². The minimum absolute atomic E-state index is 0.180. The molecule has 8 heteroatoms. The number of carbonyl (C=O) groups excluding carboxylic acids is 1. The summed E-state index contributed by atoms with van der Waals surface area (Å²) in [5.74, 6) is 0.295. The Bertz CT molecular complexity index is 1170. The zero-order valence-electron chi connectivity index (χ0n) is 17.8. The summed E-state index contributed by atoms with van der Waals surface area (Å²) in [7, 11) is 1.49. The Morgan fingerprint density at radius 3 is 2.84 bits per heavy atom. The van der Waals surface area contributed by atoms with Gasteiger partial charge in [0.15, 0.2) is 0 Å². The van der Waals surface area contributed by atoms with Gasteiger partial charge in [0.25, 0.3) is 5.91 Å². The van der Waals surface area contributed by atoms with E-state index < -0.39 is 5.82 Å². The van der Waals surface area contributed by atoms with E-state index in [4.69, 9.17) is 10.5 Å². The van der Waals surface area contributed by atoms with Gasteiger partial charge < -0.3 is 15.4 Å². The average molecular weight is 433 g/mol. The van der Waals surface area contributed by atoms with Crippen LogP contribution in [0.1, 0.15) is 28.8 Å². The molecular formula is C24H24FN5O2. The highest BCUT2D eigenvalue weighted by atomic mass is 19.1. The number of nitrogens with zero attached hydrogens (tertiary/aromatic N) is 4. The molecule has 0 bridgehead atoms. The van der Waals surface area contributed by atoms with Gasteiger partial charge in [0.1, 0.15) is 17.4 Å². The number of pyridine rings is 2. The highest BCUT2D eigenvalue weighted by molar-refractivity contribution is 6.10. The van der Waals surface area contributed by atoms with Crippen LogP contribution in [0.2, 0.25) is 0 Å². The summed E-state index contributed by atoms with van der Waals surface area (Å²) >= 11 is 0. The third-order valence-electron chi connectivity index (χ3n) is 6.27. The Hall–Kier alpha value is -3.52. The third kappa shape index (κ3) is 3.27. The van der Waals surface area contributed by atoms with Crippen molar-refractivity contribution in [1.29, 1.82) is 0 Å². The molecular weight excluding hydrogens is 409 g/mol. The summed E-state index contributed by atoms with van der Waals surface area (Å²) in [5, 5.41) is 0. The lowest BCUT2D eigenvalue weighted by atomic mass is 10.0. The Labute approximate surface area is 185 Å². The lowest BCUT2D eigenvalue weighted by Gasteiger charge is -2.26. The van der Waals surface area contributed by atoms with Gasteiger partial charge in [0.05, 0.1) is 36.8 Å². The third-order valence-corrected chi connectivity index (χ3v) is 6.27. The zero-order valence-corrected chi connectivity index (χ0v) is 17.8. The number of amides is 1. The first-order chi connectivity index (χ1) is 15.6. The number of hydrogen-bond acceptors (Lipinski definition) is 6. The van der Waals surface area contributed by atoms with Crippen LogP contribution in [-0.2, 0) is 6.54 Å². The molecule has 0 spiro atoms. The SMILES string of the molecule is COc1cccc(F)c1-c1nccc2c1CN(c1ccc(N3CCC[C@@H]3CN)cn1)C2=O. The average Bonchev–Trinajstić information content (AvgIpc) is 3.44. The Kier molecular flexibility index (Phi) is 5.22. The number of anilines is 2. The molecule has 7 nitrogen and oxygen atoms in total. The first-order valence-electron chi connectivity index (χ1n) is 10.7. The lowest BCUT2D eigenvalue weighted by Crippen LogP contribution is -2.35. The fourth-order valence-electron chi connectivity index (χ4n) is 4.66. The van der Waals surface area contributed by atoms with Crippen molar-refractivity contribution in [2.45, 2.75) is 25.4 Å². The molecule has 1 aromatic carbocycles. The number of hydrogen-bond donors (Lipinski definition) is 1. The summed E-state index contributed by atoms with van der Waals surface area (Å²) < 4.78 is 20.1. The molecule has 0 saturated carbocycles. The van der Waals surface area contributed by atoms with Crippen molar-refractivity contribution in [2.24, 2.45) is 5.73 Å². The number of carbonyl (C=O) groups is 1. The maximum absolute atomic E-state index is 14.7. The van der Waals surface area contributed by atoms with Crippen molar-refractivity contribution in [3.63, 3.8) is 0 Å². The quantitative estimate of drug-likeness (QED) is 0.664. The van der Waals surface area contributed by atoms with Gasteiger partial charge >= 0.3 is 0 Å². The molecule has 164 valence electrons. The monoisotopic (exact) mass is 433 g/mol. The van der Waals surface area contributed by atoms with Crippen LogP contribution in [0.25, 0.3) is 11.3 Å². The molecule has 0 aliphatic carbocycles. The van der Waals surface area contributed by atoms with Gasteiger partial charge in [-0.1, -0.05) is 6.07 Å². The number of fused-ring (bicyclic) bond motifs is 1. The van der Waals surface area contributed by atoms with Crippen LogP contribution >= 0.6 is 0 Å². The van der Waals surface area contributed by atoms with Gasteiger partial charge in [-0.05, 0) is 43.2 Å². The van der Waals surface area contributed by atoms with E-state index in [2.05, 4.69) is 14.9 Å². The van der Waals surface area contributed by atoms with Crippen molar-refractivity contribution in [3.8, 4) is 17.0 Å². The van der Waals surface area contributed by atoms with E-state index in [0.717, 1.165) is 25.1 Å². The molecule has 4 heterocycles. The van der Waals surface area contributed by atoms with Gasteiger partial charge in [-0.25, -0.2) is 9.37 Å². The lowest BCUT2D eigenvalue weighted by molar-refractivity contribution is 0.0996. The van der Waals surface area contributed by atoms with Crippen molar-refractivity contribution < 1.29 is 13.9 Å². The molecule has 3 aromatic rings. The molecule has 2 aliphatic heterocycles. The van der Waals surface area contributed by atoms with Crippen LogP contribution in [-0.4, -0.2) is 42.1 Å². The highest BCUT2D eigenvalue weighted by Crippen LogP contribution is 2.38. The molecule has 2 aliphatic rings. The van der Waals surface area contributed by atoms with Gasteiger partial charge in [0, 0.05) is 36.5 Å². The maximum atomic E-state index is 14.7. The summed E-state index contributed by atoms with van der Waals surface area (Å²) in [6.45, 7) is 1.82. The first-order valence-corrected chi connectivity index (χ1v) is 10.7. The minimum atomic E-state index is -0.446. The number of rotatable bonds is 5. The van der Waals surface area contributed by atoms with Crippen LogP contribution in [0.3, 0.4) is 0 Å². The number of aromatic nitrogens is 2. The van der Waals surface area contributed by atoms with Gasteiger partial charge in [-0.3, -0.25) is 14.7 Å². The topological polar surface area (TPSA) is 84.6 Å². The molecule has 2 N–H and O–H groups in total. The van der Waals surface area contributed by atoms with E-state index in [0.29, 0.717) is 41.0 Å². The summed E-state index contributed by atoms with van der Waals surface area (Å²) in [6, 6.07) is 10.4. The van der Waals surface area contributed by atoms with Crippen LogP contribution in [0, 0.1) is 5.82 Å². The Morgan fingerprint density at radius 2 is 2.09 bits per heavy atom. The van der Waals surface area contributed by atoms with Gasteiger partial charge in [-0.2, -0.15) is 0 Å². The smallest absolute Gasteiger partial charge is 0.260 e. The number of halogens is 1. The summed E-state index contributed by atoms with van der Waals surface area (Å²) in [5.41, 5.74) is 8.72. The number of methoxy groups -OCH3 is 1. The second-order valence-corrected chi connectivity index (χ2v) is 7.99. The molecule has 0 unspecified atom stereocenters. The molecule has 1 amide bonds. The molecule has 0 radical (unpaired) electrons. The fraction of sp³-hybridized carbons (Fsp3) is 0.292. The Morgan fingerprint density at radius 1 is 1.22 bits per heavy atom. The largest absolute Gasteiger partial charge is 0.496 e. The molecule has 5 rings (SSSR count). The van der Waals surface area contributed by atoms with Crippen molar-refractivity contribution in [2.75, 3.05) is 30.0 Å². The van der Waals surface area contributed by atoms with Crippen LogP contribution in [0.15, 0.2) is 48.8 Å². The second-order valence-electron chi connectivity index (χ2n) is 7.99. The normalized spacial score (nSPS) is 17.7. The molecule has 1 atom stereocenters. The van der Waals surface area contributed by atoms with E-state index in [9.17, 15) is 9.18 Å². The highest BCUT2D eigenvalue weighted by Gasteiger charge is 2.33. The van der Waals surface area contributed by atoms with E-state index >= 15 is 0 Å². The van der Waals surface area contributed by atoms with Gasteiger partial charge in [0.2, 0.25) is 0 Å². The predicted octanol–water partition coefficient (Wildman–Crippen LogP) is 3.38.